The Hall–Kier alpha value is -4.14. The van der Waals surface area contributed by atoms with Crippen molar-refractivity contribution in [2.75, 3.05) is 31.6 Å². The Morgan fingerprint density at radius 2 is 1.65 bits per heavy atom. The number of amides is 2. The van der Waals surface area contributed by atoms with Gasteiger partial charge in [0.05, 0.1) is 12.8 Å². The summed E-state index contributed by atoms with van der Waals surface area (Å²) in [7, 11) is 1.59. The lowest BCUT2D eigenvalue weighted by Gasteiger charge is -2.34. The molecule has 1 saturated carbocycles. The molecule has 1 aromatic heterocycles. The van der Waals surface area contributed by atoms with Crippen LogP contribution in [0.4, 0.5) is 5.69 Å². The average Bonchev–Trinajstić information content (AvgIpc) is 3.58. The van der Waals surface area contributed by atoms with Crippen LogP contribution in [-0.4, -0.2) is 59.1 Å². The summed E-state index contributed by atoms with van der Waals surface area (Å²) in [6.07, 6.45) is 5.16. The zero-order chi connectivity index (χ0) is 25.7. The Morgan fingerprint density at radius 1 is 1.00 bits per heavy atom. The summed E-state index contributed by atoms with van der Waals surface area (Å²) in [5.74, 6) is 0.362. The predicted octanol–water partition coefficient (Wildman–Crippen LogP) is 3.48. The maximum Gasteiger partial charge on any atom is 0.277 e. The van der Waals surface area contributed by atoms with Crippen molar-refractivity contribution in [2.24, 2.45) is 5.73 Å². The maximum absolute atomic E-state index is 14.0. The molecular formula is C28H30N6O3. The molecule has 9 nitrogen and oxygen atoms in total. The van der Waals surface area contributed by atoms with Crippen LogP contribution in [0, 0.1) is 5.41 Å². The van der Waals surface area contributed by atoms with Crippen LogP contribution in [0.3, 0.4) is 0 Å². The molecular weight excluding hydrogens is 468 g/mol. The van der Waals surface area contributed by atoms with Gasteiger partial charge >= 0.3 is 0 Å². The highest BCUT2D eigenvalue weighted by Crippen LogP contribution is 2.54. The predicted molar refractivity (Wildman–Crippen MR) is 140 cm³/mol. The van der Waals surface area contributed by atoms with E-state index in [-0.39, 0.29) is 17.0 Å². The second-order valence-electron chi connectivity index (χ2n) is 10.2. The lowest BCUT2D eigenvalue weighted by molar-refractivity contribution is 0.0966. The van der Waals surface area contributed by atoms with E-state index in [1.54, 1.807) is 28.8 Å². The van der Waals surface area contributed by atoms with Crippen LogP contribution >= 0.6 is 0 Å². The van der Waals surface area contributed by atoms with E-state index in [2.05, 4.69) is 10.00 Å². The summed E-state index contributed by atoms with van der Waals surface area (Å²) >= 11 is 0. The van der Waals surface area contributed by atoms with Crippen LogP contribution in [0.1, 0.15) is 64.2 Å². The summed E-state index contributed by atoms with van der Waals surface area (Å²) in [4.78, 5) is 30.3. The van der Waals surface area contributed by atoms with Gasteiger partial charge in [-0.15, -0.1) is 0 Å². The molecule has 3 aromatic rings. The molecule has 190 valence electrons. The molecule has 0 radical (unpaired) electrons. The summed E-state index contributed by atoms with van der Waals surface area (Å²) in [5.41, 5.74) is 8.88. The summed E-state index contributed by atoms with van der Waals surface area (Å²) in [6, 6.07) is 14.9. The van der Waals surface area contributed by atoms with Gasteiger partial charge in [-0.05, 0) is 80.6 Å². The summed E-state index contributed by atoms with van der Waals surface area (Å²) in [5, 5.41) is 13.2. The first kappa shape index (κ1) is 23.3. The number of carbonyl (C=O) groups is 2. The molecule has 0 atom stereocenters. The maximum atomic E-state index is 14.0. The fraction of sp³-hybridized carbons (Fsp3) is 0.357. The van der Waals surface area contributed by atoms with E-state index in [1.165, 1.54) is 6.42 Å². The number of piperidine rings is 1. The minimum Gasteiger partial charge on any atom is -0.497 e. The van der Waals surface area contributed by atoms with E-state index < -0.39 is 5.91 Å². The van der Waals surface area contributed by atoms with Gasteiger partial charge in [0.1, 0.15) is 17.3 Å². The quantitative estimate of drug-likeness (QED) is 0.413. The van der Waals surface area contributed by atoms with E-state index in [4.69, 9.17) is 15.9 Å². The second-order valence-corrected chi connectivity index (χ2v) is 10.2. The van der Waals surface area contributed by atoms with Crippen LogP contribution in [-0.2, 0) is 5.41 Å². The Morgan fingerprint density at radius 3 is 2.24 bits per heavy atom. The zero-order valence-corrected chi connectivity index (χ0v) is 20.9. The number of nitrogens with two attached hydrogens (primary N) is 1. The highest BCUT2D eigenvalue weighted by molar-refractivity contribution is 6.11. The minimum absolute atomic E-state index is 0.168. The van der Waals surface area contributed by atoms with Gasteiger partial charge in [0, 0.05) is 41.9 Å². The van der Waals surface area contributed by atoms with E-state index in [0.717, 1.165) is 50.0 Å². The number of anilines is 1. The van der Waals surface area contributed by atoms with Gasteiger partial charge in [-0.1, -0.05) is 0 Å². The highest BCUT2D eigenvalue weighted by Gasteiger charge is 2.56. The van der Waals surface area contributed by atoms with Crippen molar-refractivity contribution in [3.8, 4) is 11.4 Å². The van der Waals surface area contributed by atoms with E-state index in [1.807, 2.05) is 36.4 Å². The summed E-state index contributed by atoms with van der Waals surface area (Å²) < 4.78 is 6.81. The minimum atomic E-state index is -0.628. The number of hydrogen-bond acceptors (Lipinski definition) is 5. The van der Waals surface area contributed by atoms with Crippen molar-refractivity contribution in [2.45, 2.75) is 37.5 Å². The Kier molecular flexibility index (Phi) is 5.51. The third-order valence-electron chi connectivity index (χ3n) is 7.85. The number of benzene rings is 2. The van der Waals surface area contributed by atoms with Gasteiger partial charge in [0.15, 0.2) is 5.69 Å². The number of primary amides is 1. The number of ether oxygens (including phenoxy) is 1. The van der Waals surface area contributed by atoms with Crippen LogP contribution in [0.5, 0.6) is 5.75 Å². The van der Waals surface area contributed by atoms with Crippen molar-refractivity contribution in [1.29, 1.82) is 5.41 Å². The SMILES string of the molecule is COc1ccc(-n2nc(C(N)=O)c3c2C(=O)N(c2ccc(C(=N)N4CCCCC4)cc2)CC32CC2)cc1. The van der Waals surface area contributed by atoms with Gasteiger partial charge in [-0.2, -0.15) is 5.10 Å². The number of rotatable bonds is 5. The Labute approximate surface area is 215 Å². The van der Waals surface area contributed by atoms with Crippen molar-refractivity contribution in [3.63, 3.8) is 0 Å². The molecule has 1 spiro atoms. The lowest BCUT2D eigenvalue weighted by Crippen LogP contribution is -2.45. The monoisotopic (exact) mass is 498 g/mol. The van der Waals surface area contributed by atoms with Crippen molar-refractivity contribution < 1.29 is 14.3 Å². The molecule has 3 heterocycles. The largest absolute Gasteiger partial charge is 0.497 e. The number of carbonyl (C=O) groups excluding carboxylic acids is 2. The van der Waals surface area contributed by atoms with Gasteiger partial charge < -0.3 is 20.3 Å². The first-order valence-electron chi connectivity index (χ1n) is 12.8. The molecule has 3 aliphatic rings. The average molecular weight is 499 g/mol. The zero-order valence-electron chi connectivity index (χ0n) is 20.9. The molecule has 2 aromatic carbocycles. The molecule has 3 N–H and O–H groups in total. The van der Waals surface area contributed by atoms with E-state index >= 15 is 0 Å². The standard InChI is InChI=1S/C28H30N6O3/c1-37-21-11-9-20(10-12-21)34-24-22(23(31-34)26(30)35)28(13-14-28)17-33(27(24)36)19-7-5-18(6-8-19)25(29)32-15-3-2-4-16-32/h5-12,29H,2-4,13-17H2,1H3,(H2,30,35). The topological polar surface area (TPSA) is 118 Å². The fourth-order valence-corrected chi connectivity index (χ4v) is 5.65. The molecule has 6 rings (SSSR count). The molecule has 9 heteroatoms. The van der Waals surface area contributed by atoms with Gasteiger partial charge in [-0.25, -0.2) is 4.68 Å². The first-order chi connectivity index (χ1) is 17.9. The smallest absolute Gasteiger partial charge is 0.277 e. The van der Waals surface area contributed by atoms with Crippen molar-refractivity contribution in [3.05, 3.63) is 71.0 Å². The van der Waals surface area contributed by atoms with E-state index in [9.17, 15) is 9.59 Å². The van der Waals surface area contributed by atoms with Crippen LogP contribution in [0.2, 0.25) is 0 Å². The van der Waals surface area contributed by atoms with Crippen LogP contribution in [0.25, 0.3) is 5.69 Å². The van der Waals surface area contributed by atoms with Crippen LogP contribution < -0.4 is 15.4 Å². The number of aromatic nitrogens is 2. The highest BCUT2D eigenvalue weighted by atomic mass is 16.5. The third kappa shape index (κ3) is 3.85. The van der Waals surface area contributed by atoms with Gasteiger partial charge in [-0.3, -0.25) is 15.0 Å². The molecule has 1 aliphatic carbocycles. The number of amidine groups is 1. The summed E-state index contributed by atoms with van der Waals surface area (Å²) in [6.45, 7) is 2.29. The van der Waals surface area contributed by atoms with Gasteiger partial charge in [0.25, 0.3) is 11.8 Å². The first-order valence-corrected chi connectivity index (χ1v) is 12.8. The number of hydrogen-bond donors (Lipinski definition) is 2. The normalized spacial score (nSPS) is 18.0. The number of nitrogens with zero attached hydrogens (tertiary/aromatic N) is 4. The molecule has 0 bridgehead atoms. The molecule has 0 unspecified atom stereocenters. The fourth-order valence-electron chi connectivity index (χ4n) is 5.65. The molecule has 2 amide bonds. The number of fused-ring (bicyclic) bond motifs is 2. The molecule has 37 heavy (non-hydrogen) atoms. The molecule has 2 aliphatic heterocycles. The molecule has 2 fully saturated rings. The Bertz CT molecular complexity index is 1380. The van der Waals surface area contributed by atoms with E-state index in [0.29, 0.717) is 35.1 Å². The van der Waals surface area contributed by atoms with Crippen molar-refractivity contribution in [1.82, 2.24) is 14.7 Å². The molecule has 1 saturated heterocycles. The number of methoxy groups -OCH3 is 1. The lowest BCUT2D eigenvalue weighted by atomic mass is 9.88. The second kappa shape index (κ2) is 8.76. The Balaban J connectivity index is 1.38. The van der Waals surface area contributed by atoms with Gasteiger partial charge in [0.2, 0.25) is 0 Å². The van der Waals surface area contributed by atoms with Crippen LogP contribution in [0.15, 0.2) is 48.5 Å². The number of likely N-dealkylation sites (tertiary alicyclic amines) is 1. The third-order valence-corrected chi connectivity index (χ3v) is 7.85. The van der Waals surface area contributed by atoms with Crippen molar-refractivity contribution >= 4 is 23.3 Å². The number of nitrogens with one attached hydrogen (secondary N) is 1.